The van der Waals surface area contributed by atoms with Crippen molar-refractivity contribution < 1.29 is 18.3 Å². The lowest BCUT2D eigenvalue weighted by Gasteiger charge is -2.31. The summed E-state index contributed by atoms with van der Waals surface area (Å²) in [5, 5.41) is 17.0. The number of aryl methyl sites for hydroxylation is 1. The molecular weight excluding hydrogens is 322 g/mol. The molecule has 3 rings (SSSR count). The largest absolute Gasteiger partial charge is 0.478 e. The Balaban J connectivity index is 1.81. The minimum atomic E-state index is -3.65. The maximum atomic E-state index is 12.6. The SMILES string of the molecule is Cn1ccc(S(=O)(=O)N2CCCC(n3cc(C(=O)O)cn3)C2)n1. The quantitative estimate of drug-likeness (QED) is 0.860. The molecule has 9 nitrogen and oxygen atoms in total. The average Bonchev–Trinajstić information content (AvgIpc) is 3.16. The third-order valence-electron chi connectivity index (χ3n) is 3.88. The van der Waals surface area contributed by atoms with Crippen molar-refractivity contribution in [3.05, 3.63) is 30.2 Å². The molecule has 0 saturated carbocycles. The summed E-state index contributed by atoms with van der Waals surface area (Å²) in [7, 11) is -1.99. The van der Waals surface area contributed by atoms with Crippen LogP contribution in [0.4, 0.5) is 0 Å². The molecule has 1 N–H and O–H groups in total. The summed E-state index contributed by atoms with van der Waals surface area (Å²) in [6, 6.07) is 1.28. The second-order valence-corrected chi connectivity index (χ2v) is 7.39. The molecule has 10 heteroatoms. The first kappa shape index (κ1) is 15.7. The van der Waals surface area contributed by atoms with Gasteiger partial charge in [-0.2, -0.15) is 14.5 Å². The summed E-state index contributed by atoms with van der Waals surface area (Å²) in [6.45, 7) is 0.669. The molecular formula is C13H17N5O4S. The molecule has 1 aliphatic heterocycles. The lowest BCUT2D eigenvalue weighted by Crippen LogP contribution is -2.41. The molecule has 0 radical (unpaired) electrons. The number of hydrogen-bond donors (Lipinski definition) is 1. The molecule has 0 spiro atoms. The van der Waals surface area contributed by atoms with Gasteiger partial charge in [0.2, 0.25) is 0 Å². The van der Waals surface area contributed by atoms with Crippen molar-refractivity contribution in [3.63, 3.8) is 0 Å². The number of carboxylic acids is 1. The molecule has 0 amide bonds. The zero-order valence-corrected chi connectivity index (χ0v) is 13.3. The second-order valence-electron chi connectivity index (χ2n) is 5.50. The Kier molecular flexibility index (Phi) is 3.94. The van der Waals surface area contributed by atoms with Crippen molar-refractivity contribution in [2.45, 2.75) is 23.9 Å². The van der Waals surface area contributed by atoms with Gasteiger partial charge in [-0.15, -0.1) is 0 Å². The Hall–Kier alpha value is -2.20. The number of piperidine rings is 1. The van der Waals surface area contributed by atoms with Gasteiger partial charge in [0.05, 0.1) is 17.8 Å². The van der Waals surface area contributed by atoms with Crippen molar-refractivity contribution in [2.24, 2.45) is 7.05 Å². The van der Waals surface area contributed by atoms with E-state index in [9.17, 15) is 13.2 Å². The van der Waals surface area contributed by atoms with Gasteiger partial charge < -0.3 is 5.11 Å². The molecule has 23 heavy (non-hydrogen) atoms. The zero-order chi connectivity index (χ0) is 16.6. The summed E-state index contributed by atoms with van der Waals surface area (Å²) in [6.07, 6.45) is 5.72. The standard InChI is InChI=1S/C13H17N5O4S/c1-16-6-4-12(15-16)23(21,22)17-5-2-3-11(9-17)18-8-10(7-14-18)13(19)20/h4,6-8,11H,2-3,5,9H2,1H3,(H,19,20). The van der Waals surface area contributed by atoms with Crippen LogP contribution >= 0.6 is 0 Å². The molecule has 0 bridgehead atoms. The average molecular weight is 339 g/mol. The summed E-state index contributed by atoms with van der Waals surface area (Å²) in [5.41, 5.74) is 0.0923. The van der Waals surface area contributed by atoms with Crippen LogP contribution in [-0.2, 0) is 17.1 Å². The first-order valence-corrected chi connectivity index (χ1v) is 8.59. The Morgan fingerprint density at radius 2 is 2.22 bits per heavy atom. The first-order chi connectivity index (χ1) is 10.9. The number of aromatic nitrogens is 4. The number of aromatic carboxylic acids is 1. The van der Waals surface area contributed by atoms with Crippen molar-refractivity contribution in [1.29, 1.82) is 0 Å². The minimum Gasteiger partial charge on any atom is -0.478 e. The highest BCUT2D eigenvalue weighted by atomic mass is 32.2. The monoisotopic (exact) mass is 339 g/mol. The van der Waals surface area contributed by atoms with Gasteiger partial charge >= 0.3 is 5.97 Å². The van der Waals surface area contributed by atoms with Crippen molar-refractivity contribution in [2.75, 3.05) is 13.1 Å². The van der Waals surface area contributed by atoms with E-state index in [-0.39, 0.29) is 23.2 Å². The third kappa shape index (κ3) is 2.99. The molecule has 2 aromatic heterocycles. The molecule has 1 aliphatic rings. The van der Waals surface area contributed by atoms with E-state index in [4.69, 9.17) is 5.11 Å². The van der Waals surface area contributed by atoms with E-state index < -0.39 is 16.0 Å². The predicted octanol–water partition coefficient (Wildman–Crippen LogP) is 0.341. The fourth-order valence-corrected chi connectivity index (χ4v) is 4.13. The second kappa shape index (κ2) is 5.78. The normalized spacial score (nSPS) is 19.8. The number of rotatable bonds is 4. The Morgan fingerprint density at radius 1 is 1.43 bits per heavy atom. The Bertz CT molecular complexity index is 825. The van der Waals surface area contributed by atoms with Crippen molar-refractivity contribution in [3.8, 4) is 0 Å². The highest BCUT2D eigenvalue weighted by molar-refractivity contribution is 7.89. The molecule has 2 aromatic rings. The lowest BCUT2D eigenvalue weighted by atomic mass is 10.1. The molecule has 1 atom stereocenters. The Morgan fingerprint density at radius 3 is 2.83 bits per heavy atom. The van der Waals surface area contributed by atoms with Crippen LogP contribution in [0.1, 0.15) is 29.2 Å². The van der Waals surface area contributed by atoms with Crippen LogP contribution in [0.5, 0.6) is 0 Å². The van der Waals surface area contributed by atoms with Gasteiger partial charge in [0.25, 0.3) is 10.0 Å². The van der Waals surface area contributed by atoms with Crippen molar-refractivity contribution >= 4 is 16.0 Å². The molecule has 0 aliphatic carbocycles. The maximum absolute atomic E-state index is 12.6. The fraction of sp³-hybridized carbons (Fsp3) is 0.462. The lowest BCUT2D eigenvalue weighted by molar-refractivity contribution is 0.0696. The summed E-state index contributed by atoms with van der Waals surface area (Å²) >= 11 is 0. The van der Waals surface area contributed by atoms with E-state index in [0.29, 0.717) is 13.0 Å². The highest BCUT2D eigenvalue weighted by Gasteiger charge is 2.32. The predicted molar refractivity (Wildman–Crippen MR) is 79.4 cm³/mol. The number of nitrogens with zero attached hydrogens (tertiary/aromatic N) is 5. The van der Waals surface area contributed by atoms with Crippen LogP contribution in [-0.4, -0.2) is 56.4 Å². The van der Waals surface area contributed by atoms with E-state index in [0.717, 1.165) is 6.42 Å². The van der Waals surface area contributed by atoms with Crippen molar-refractivity contribution in [1.82, 2.24) is 23.9 Å². The zero-order valence-electron chi connectivity index (χ0n) is 12.5. The minimum absolute atomic E-state index is 0.0207. The molecule has 3 heterocycles. The summed E-state index contributed by atoms with van der Waals surface area (Å²) < 4.78 is 29.6. The van der Waals surface area contributed by atoms with E-state index in [1.807, 2.05) is 0 Å². The van der Waals surface area contributed by atoms with Gasteiger partial charge in [0.15, 0.2) is 5.03 Å². The van der Waals surface area contributed by atoms with Crippen LogP contribution in [0.3, 0.4) is 0 Å². The van der Waals surface area contributed by atoms with Crippen LogP contribution in [0.15, 0.2) is 29.7 Å². The Labute approximate surface area is 133 Å². The van der Waals surface area contributed by atoms with E-state index >= 15 is 0 Å². The van der Waals surface area contributed by atoms with Gasteiger partial charge in [-0.3, -0.25) is 9.36 Å². The number of carbonyl (C=O) groups is 1. The number of carboxylic acid groups (broad SMARTS) is 1. The van der Waals surface area contributed by atoms with Gasteiger partial charge in [0, 0.05) is 32.5 Å². The van der Waals surface area contributed by atoms with Gasteiger partial charge in [-0.1, -0.05) is 0 Å². The van der Waals surface area contributed by atoms with Crippen LogP contribution in [0.25, 0.3) is 0 Å². The van der Waals surface area contributed by atoms with E-state index in [2.05, 4.69) is 10.2 Å². The molecule has 1 fully saturated rings. The first-order valence-electron chi connectivity index (χ1n) is 7.15. The maximum Gasteiger partial charge on any atom is 0.338 e. The van der Waals surface area contributed by atoms with Gasteiger partial charge in [0.1, 0.15) is 0 Å². The number of hydrogen-bond acceptors (Lipinski definition) is 5. The highest BCUT2D eigenvalue weighted by Crippen LogP contribution is 2.25. The number of sulfonamides is 1. The van der Waals surface area contributed by atoms with Gasteiger partial charge in [-0.25, -0.2) is 13.2 Å². The fourth-order valence-electron chi connectivity index (χ4n) is 2.67. The summed E-state index contributed by atoms with van der Waals surface area (Å²) in [5.74, 6) is -1.05. The molecule has 1 saturated heterocycles. The van der Waals surface area contributed by atoms with E-state index in [1.165, 1.54) is 32.1 Å². The van der Waals surface area contributed by atoms with Crippen LogP contribution < -0.4 is 0 Å². The molecule has 1 unspecified atom stereocenters. The van der Waals surface area contributed by atoms with E-state index in [1.54, 1.807) is 13.2 Å². The van der Waals surface area contributed by atoms with Gasteiger partial charge in [-0.05, 0) is 18.9 Å². The third-order valence-corrected chi connectivity index (χ3v) is 5.63. The van der Waals surface area contributed by atoms with Crippen LogP contribution in [0.2, 0.25) is 0 Å². The topological polar surface area (TPSA) is 110 Å². The summed E-state index contributed by atoms with van der Waals surface area (Å²) in [4.78, 5) is 10.9. The molecule has 0 aromatic carbocycles. The van der Waals surface area contributed by atoms with Crippen LogP contribution in [0, 0.1) is 0 Å². The smallest absolute Gasteiger partial charge is 0.338 e. The molecule has 124 valence electrons.